The molecule has 0 unspecified atom stereocenters. The Hall–Kier alpha value is 0.270. The van der Waals surface area contributed by atoms with E-state index in [1.807, 2.05) is 0 Å². The third-order valence-corrected chi connectivity index (χ3v) is 2.85. The highest BCUT2D eigenvalue weighted by Gasteiger charge is 2.42. The summed E-state index contributed by atoms with van der Waals surface area (Å²) in [7, 11) is -2.78. The summed E-state index contributed by atoms with van der Waals surface area (Å²) >= 11 is 0. The van der Waals surface area contributed by atoms with Crippen molar-refractivity contribution in [2.75, 3.05) is 19.8 Å². The van der Waals surface area contributed by atoms with E-state index >= 15 is 0 Å². The van der Waals surface area contributed by atoms with E-state index in [4.69, 9.17) is 18.5 Å². The normalized spacial score (nSPS) is 49.7. The first-order valence-corrected chi connectivity index (χ1v) is 4.33. The first-order valence-electron chi connectivity index (χ1n) is 2.84. The average Bonchev–Trinajstić information content (AvgIpc) is 1.90. The molecule has 3 heterocycles. The molecule has 0 saturated carbocycles. The summed E-state index contributed by atoms with van der Waals surface area (Å²) in [6, 6.07) is 0. The van der Waals surface area contributed by atoms with Gasteiger partial charge < -0.3 is 4.89 Å². The van der Waals surface area contributed by atoms with Crippen LogP contribution in [0.3, 0.4) is 0 Å². The molecule has 3 fully saturated rings. The Bertz CT molecular complexity index is 106. The molecule has 3 saturated heterocycles. The number of rotatable bonds is 0. The Labute approximate surface area is 53.4 Å². The highest BCUT2D eigenvalue weighted by Crippen LogP contribution is 2.63. The Kier molecular flexibility index (Phi) is 1.25. The number of fused-ring (bicyclic) bond motifs is 3. The second-order valence-electron chi connectivity index (χ2n) is 2.22. The lowest BCUT2D eigenvalue weighted by Gasteiger charge is -2.40. The van der Waals surface area contributed by atoms with Gasteiger partial charge in [0.05, 0.1) is 19.8 Å². The lowest BCUT2D eigenvalue weighted by molar-refractivity contribution is -0.0523. The van der Waals surface area contributed by atoms with Crippen LogP contribution in [0.15, 0.2) is 0 Å². The van der Waals surface area contributed by atoms with Crippen LogP contribution in [0, 0.1) is 5.92 Å². The van der Waals surface area contributed by atoms with Gasteiger partial charge in [0.25, 0.3) is 0 Å². The molecule has 0 amide bonds. The minimum absolute atomic E-state index is 0.332. The van der Waals surface area contributed by atoms with E-state index in [1.165, 1.54) is 0 Å². The Morgan fingerprint density at radius 1 is 1.11 bits per heavy atom. The first-order chi connectivity index (χ1) is 4.29. The zero-order chi connectivity index (χ0) is 6.32. The Balaban J connectivity index is 2.11. The smallest absolute Gasteiger partial charge is 0.314 e. The molecule has 0 aliphatic carbocycles. The molecule has 0 spiro atoms. The van der Waals surface area contributed by atoms with Gasteiger partial charge in [0.1, 0.15) is 0 Å². The fraction of sp³-hybridized carbons (Fsp3) is 1.00. The molecule has 2 bridgehead atoms. The molecule has 0 aromatic rings. The molecule has 1 N–H and O–H groups in total. The summed E-state index contributed by atoms with van der Waals surface area (Å²) in [5, 5.41) is 0. The van der Waals surface area contributed by atoms with Crippen LogP contribution in [0.5, 0.6) is 0 Å². The molecule has 3 rings (SSSR count). The van der Waals surface area contributed by atoms with Gasteiger partial charge in [-0.1, -0.05) is 0 Å². The van der Waals surface area contributed by atoms with Crippen molar-refractivity contribution in [3.05, 3.63) is 0 Å². The Morgan fingerprint density at radius 2 is 1.56 bits per heavy atom. The highest BCUT2D eigenvalue weighted by molar-refractivity contribution is 7.55. The SMILES string of the molecule is O[P]12OCC(CO1)CO2. The van der Waals surface area contributed by atoms with Crippen LogP contribution in [0.2, 0.25) is 0 Å². The van der Waals surface area contributed by atoms with E-state index in [-0.39, 0.29) is 0 Å². The standard InChI is InChI=1S/C4H8O4P/c5-9-6-1-4(2-7-9)3-8-9/h4-5H,1-3H2. The minimum atomic E-state index is -2.78. The van der Waals surface area contributed by atoms with Crippen LogP contribution in [-0.2, 0) is 13.6 Å². The number of hydrogen-bond donors (Lipinski definition) is 1. The fourth-order valence-electron chi connectivity index (χ4n) is 0.855. The summed E-state index contributed by atoms with van der Waals surface area (Å²) in [6.07, 6.45) is 0. The second kappa shape index (κ2) is 1.87. The van der Waals surface area contributed by atoms with Gasteiger partial charge in [0.2, 0.25) is 0 Å². The van der Waals surface area contributed by atoms with E-state index < -0.39 is 8.17 Å². The summed E-state index contributed by atoms with van der Waals surface area (Å²) < 4.78 is 14.7. The van der Waals surface area contributed by atoms with Gasteiger partial charge in [-0.05, 0) is 0 Å². The molecular weight excluding hydrogens is 143 g/mol. The predicted octanol–water partition coefficient (Wildman–Crippen LogP) is 0.349. The molecule has 5 heteroatoms. The van der Waals surface area contributed by atoms with Crippen molar-refractivity contribution in [1.82, 2.24) is 0 Å². The van der Waals surface area contributed by atoms with Crippen molar-refractivity contribution in [3.63, 3.8) is 0 Å². The van der Waals surface area contributed by atoms with Crippen molar-refractivity contribution in [3.8, 4) is 0 Å². The summed E-state index contributed by atoms with van der Waals surface area (Å²) in [6.45, 7) is 1.76. The minimum Gasteiger partial charge on any atom is -0.314 e. The molecule has 9 heavy (non-hydrogen) atoms. The van der Waals surface area contributed by atoms with Gasteiger partial charge in [-0.15, -0.1) is 0 Å². The predicted molar refractivity (Wildman–Crippen MR) is 30.5 cm³/mol. The van der Waals surface area contributed by atoms with Crippen molar-refractivity contribution in [2.24, 2.45) is 5.92 Å². The molecule has 0 atom stereocenters. The van der Waals surface area contributed by atoms with Gasteiger partial charge >= 0.3 is 8.17 Å². The van der Waals surface area contributed by atoms with Crippen LogP contribution >= 0.6 is 8.17 Å². The van der Waals surface area contributed by atoms with Crippen molar-refractivity contribution in [2.45, 2.75) is 0 Å². The van der Waals surface area contributed by atoms with E-state index in [9.17, 15) is 0 Å². The van der Waals surface area contributed by atoms with Gasteiger partial charge in [0.15, 0.2) is 0 Å². The third kappa shape index (κ3) is 0.974. The molecule has 1 radical (unpaired) electrons. The summed E-state index contributed by atoms with van der Waals surface area (Å²) in [5.41, 5.74) is 0. The first kappa shape index (κ1) is 6.01. The molecule has 3 aliphatic rings. The monoisotopic (exact) mass is 151 g/mol. The van der Waals surface area contributed by atoms with E-state index in [0.29, 0.717) is 25.7 Å². The van der Waals surface area contributed by atoms with Crippen molar-refractivity contribution in [1.29, 1.82) is 0 Å². The lowest BCUT2D eigenvalue weighted by Crippen LogP contribution is -2.34. The Morgan fingerprint density at radius 3 is 1.78 bits per heavy atom. The second-order valence-corrected chi connectivity index (χ2v) is 3.93. The van der Waals surface area contributed by atoms with Crippen LogP contribution in [0.25, 0.3) is 0 Å². The quantitative estimate of drug-likeness (QED) is 0.507. The zero-order valence-corrected chi connectivity index (χ0v) is 5.71. The van der Waals surface area contributed by atoms with Gasteiger partial charge in [-0.3, -0.25) is 13.6 Å². The topological polar surface area (TPSA) is 47.9 Å². The third-order valence-electron chi connectivity index (χ3n) is 1.42. The highest BCUT2D eigenvalue weighted by atomic mass is 31.2. The summed E-state index contributed by atoms with van der Waals surface area (Å²) in [4.78, 5) is 9.16. The van der Waals surface area contributed by atoms with Crippen LogP contribution < -0.4 is 0 Å². The van der Waals surface area contributed by atoms with E-state index in [2.05, 4.69) is 0 Å². The molecular formula is C4H8O4P. The largest absolute Gasteiger partial charge is 0.377 e. The van der Waals surface area contributed by atoms with Gasteiger partial charge in [-0.25, -0.2) is 0 Å². The lowest BCUT2D eigenvalue weighted by atomic mass is 10.2. The molecule has 53 valence electrons. The van der Waals surface area contributed by atoms with Crippen molar-refractivity contribution >= 4 is 8.17 Å². The number of hydrogen-bond acceptors (Lipinski definition) is 4. The van der Waals surface area contributed by atoms with Crippen LogP contribution in [0.4, 0.5) is 0 Å². The maximum Gasteiger partial charge on any atom is 0.377 e. The molecule has 0 aromatic carbocycles. The van der Waals surface area contributed by atoms with Gasteiger partial charge in [-0.2, -0.15) is 0 Å². The molecule has 3 aliphatic heterocycles. The summed E-state index contributed by atoms with van der Waals surface area (Å²) in [5.74, 6) is 0.332. The van der Waals surface area contributed by atoms with Crippen molar-refractivity contribution < 1.29 is 18.5 Å². The van der Waals surface area contributed by atoms with Gasteiger partial charge in [0, 0.05) is 5.92 Å². The zero-order valence-electron chi connectivity index (χ0n) is 4.82. The maximum atomic E-state index is 9.16. The average molecular weight is 151 g/mol. The molecule has 0 aromatic heterocycles. The maximum absolute atomic E-state index is 9.16. The molecule has 4 nitrogen and oxygen atoms in total. The van der Waals surface area contributed by atoms with Crippen LogP contribution in [0.1, 0.15) is 0 Å². The van der Waals surface area contributed by atoms with E-state index in [1.54, 1.807) is 0 Å². The van der Waals surface area contributed by atoms with Crippen LogP contribution in [-0.4, -0.2) is 24.7 Å². The van der Waals surface area contributed by atoms with E-state index in [0.717, 1.165) is 0 Å². The fourth-order valence-corrected chi connectivity index (χ4v) is 2.28.